The number of hydrogen-bond donors (Lipinski definition) is 1. The van der Waals surface area contributed by atoms with E-state index < -0.39 is 0 Å². The monoisotopic (exact) mass is 230 g/mol. The second-order valence-corrected chi connectivity index (χ2v) is 4.88. The van der Waals surface area contributed by atoms with E-state index in [9.17, 15) is 0 Å². The molecule has 3 rings (SSSR count). The first-order valence-corrected chi connectivity index (χ1v) is 6.28. The molecule has 1 N–H and O–H groups in total. The van der Waals surface area contributed by atoms with Crippen LogP contribution in [0.2, 0.25) is 0 Å². The Labute approximate surface area is 101 Å². The summed E-state index contributed by atoms with van der Waals surface area (Å²) >= 11 is 0. The van der Waals surface area contributed by atoms with E-state index in [0.29, 0.717) is 5.92 Å². The zero-order valence-corrected chi connectivity index (χ0v) is 10.4. The van der Waals surface area contributed by atoms with E-state index in [1.54, 1.807) is 0 Å². The number of fused-ring (bicyclic) bond motifs is 1. The third-order valence-electron chi connectivity index (χ3n) is 3.57. The van der Waals surface area contributed by atoms with Crippen molar-refractivity contribution in [2.24, 2.45) is 0 Å². The molecule has 4 heteroatoms. The second-order valence-electron chi connectivity index (χ2n) is 4.88. The molecule has 1 aliphatic heterocycles. The van der Waals surface area contributed by atoms with Gasteiger partial charge in [-0.2, -0.15) is 0 Å². The lowest BCUT2D eigenvalue weighted by Crippen LogP contribution is -2.27. The largest absolute Gasteiger partial charge is 0.317 e. The van der Waals surface area contributed by atoms with Gasteiger partial charge in [-0.1, -0.05) is 0 Å². The molecule has 4 nitrogen and oxygen atoms in total. The predicted octanol–water partition coefficient (Wildman–Crippen LogP) is 1.81. The van der Waals surface area contributed by atoms with Gasteiger partial charge >= 0.3 is 0 Å². The summed E-state index contributed by atoms with van der Waals surface area (Å²) < 4.78 is 2.21. The third kappa shape index (κ3) is 1.82. The molecule has 0 spiro atoms. The molecule has 2 aromatic heterocycles. The van der Waals surface area contributed by atoms with Crippen molar-refractivity contribution in [1.29, 1.82) is 0 Å². The van der Waals surface area contributed by atoms with Crippen LogP contribution in [-0.2, 0) is 0 Å². The highest BCUT2D eigenvalue weighted by Crippen LogP contribution is 2.26. The number of nitrogens with one attached hydrogen (secondary N) is 1. The lowest BCUT2D eigenvalue weighted by Gasteiger charge is -2.22. The first kappa shape index (κ1) is 10.7. The van der Waals surface area contributed by atoms with E-state index in [1.165, 1.54) is 24.2 Å². The van der Waals surface area contributed by atoms with E-state index in [0.717, 1.165) is 24.6 Å². The fourth-order valence-corrected chi connectivity index (χ4v) is 2.76. The molecule has 0 atom stereocenters. The van der Waals surface area contributed by atoms with Crippen LogP contribution >= 0.6 is 0 Å². The number of aryl methyl sites for hydroxylation is 2. The highest BCUT2D eigenvalue weighted by molar-refractivity contribution is 5.36. The molecule has 0 saturated carbocycles. The molecule has 1 saturated heterocycles. The Bertz CT molecular complexity index is 538. The summed E-state index contributed by atoms with van der Waals surface area (Å²) in [5.41, 5.74) is 3.60. The maximum Gasteiger partial charge on any atom is 0.234 e. The molecule has 1 fully saturated rings. The summed E-state index contributed by atoms with van der Waals surface area (Å²) in [6.07, 6.45) is 4.40. The van der Waals surface area contributed by atoms with Crippen LogP contribution in [-0.4, -0.2) is 27.5 Å². The normalized spacial score (nSPS) is 17.8. The van der Waals surface area contributed by atoms with Gasteiger partial charge in [0.05, 0.1) is 6.20 Å². The quantitative estimate of drug-likeness (QED) is 0.812. The topological polar surface area (TPSA) is 42.2 Å². The molecule has 1 aliphatic rings. The minimum Gasteiger partial charge on any atom is -0.317 e. The van der Waals surface area contributed by atoms with Gasteiger partial charge in [0.2, 0.25) is 5.78 Å². The average molecular weight is 230 g/mol. The van der Waals surface area contributed by atoms with Crippen LogP contribution in [0.1, 0.15) is 35.8 Å². The fraction of sp³-hybridized carbons (Fsp3) is 0.538. The number of aromatic nitrogens is 3. The highest BCUT2D eigenvalue weighted by atomic mass is 15.1. The van der Waals surface area contributed by atoms with Crippen LogP contribution < -0.4 is 5.32 Å². The summed E-state index contributed by atoms with van der Waals surface area (Å²) in [6.45, 7) is 6.37. The summed E-state index contributed by atoms with van der Waals surface area (Å²) in [5, 5.41) is 3.40. The molecule has 0 aliphatic carbocycles. The summed E-state index contributed by atoms with van der Waals surface area (Å²) in [4.78, 5) is 8.94. The maximum absolute atomic E-state index is 4.49. The van der Waals surface area contributed by atoms with Crippen LogP contribution in [0.3, 0.4) is 0 Å². The van der Waals surface area contributed by atoms with Gasteiger partial charge in [0.25, 0.3) is 0 Å². The number of imidazole rings is 1. The van der Waals surface area contributed by atoms with Crippen molar-refractivity contribution in [3.05, 3.63) is 29.3 Å². The highest BCUT2D eigenvalue weighted by Gasteiger charge is 2.19. The Morgan fingerprint density at radius 2 is 2.06 bits per heavy atom. The van der Waals surface area contributed by atoms with Gasteiger partial charge in [-0.15, -0.1) is 0 Å². The summed E-state index contributed by atoms with van der Waals surface area (Å²) in [7, 11) is 0. The van der Waals surface area contributed by atoms with Gasteiger partial charge in [-0.25, -0.2) is 9.97 Å². The zero-order chi connectivity index (χ0) is 11.8. The molecule has 0 aromatic carbocycles. The van der Waals surface area contributed by atoms with Gasteiger partial charge in [0, 0.05) is 23.0 Å². The minimum atomic E-state index is 0.620. The molecule has 17 heavy (non-hydrogen) atoms. The summed E-state index contributed by atoms with van der Waals surface area (Å²) in [5.74, 6) is 1.46. The average Bonchev–Trinajstić information content (AvgIpc) is 2.74. The van der Waals surface area contributed by atoms with Crippen LogP contribution in [0.5, 0.6) is 0 Å². The van der Waals surface area contributed by atoms with Gasteiger partial charge in [-0.05, 0) is 45.8 Å². The van der Waals surface area contributed by atoms with E-state index in [1.807, 2.05) is 13.1 Å². The molecule has 0 unspecified atom stereocenters. The van der Waals surface area contributed by atoms with Crippen molar-refractivity contribution < 1.29 is 0 Å². The molecular formula is C13H18N4. The minimum absolute atomic E-state index is 0.620. The Morgan fingerprint density at radius 1 is 1.29 bits per heavy atom. The van der Waals surface area contributed by atoms with Crippen molar-refractivity contribution in [3.63, 3.8) is 0 Å². The Hall–Kier alpha value is -1.42. The first-order chi connectivity index (χ1) is 8.25. The maximum atomic E-state index is 4.49. The first-order valence-electron chi connectivity index (χ1n) is 6.28. The van der Waals surface area contributed by atoms with E-state index in [-0.39, 0.29) is 0 Å². The van der Waals surface area contributed by atoms with E-state index in [2.05, 4.69) is 32.7 Å². The Morgan fingerprint density at radius 3 is 2.82 bits per heavy atom. The molecule has 3 heterocycles. The van der Waals surface area contributed by atoms with Crippen molar-refractivity contribution >= 4 is 5.78 Å². The molecule has 2 aromatic rings. The van der Waals surface area contributed by atoms with Gasteiger partial charge in [-0.3, -0.25) is 4.40 Å². The standard InChI is InChI=1S/C13H18N4/c1-9-7-10(2)17-12(8-15-13(17)16-9)11-3-5-14-6-4-11/h7-8,11,14H,3-6H2,1-2H3. The van der Waals surface area contributed by atoms with Gasteiger partial charge < -0.3 is 5.32 Å². The summed E-state index contributed by atoms with van der Waals surface area (Å²) in [6, 6.07) is 2.12. The van der Waals surface area contributed by atoms with E-state index in [4.69, 9.17) is 0 Å². The van der Waals surface area contributed by atoms with Crippen molar-refractivity contribution in [1.82, 2.24) is 19.7 Å². The molecule has 0 radical (unpaired) electrons. The smallest absolute Gasteiger partial charge is 0.234 e. The van der Waals surface area contributed by atoms with Crippen LogP contribution in [0, 0.1) is 13.8 Å². The Kier molecular flexibility index (Phi) is 2.59. The number of piperidine rings is 1. The van der Waals surface area contributed by atoms with Gasteiger partial charge in [0.1, 0.15) is 0 Å². The molecule has 0 bridgehead atoms. The van der Waals surface area contributed by atoms with Crippen molar-refractivity contribution in [2.75, 3.05) is 13.1 Å². The van der Waals surface area contributed by atoms with Gasteiger partial charge in [0.15, 0.2) is 0 Å². The van der Waals surface area contributed by atoms with Crippen LogP contribution in [0.4, 0.5) is 0 Å². The van der Waals surface area contributed by atoms with Crippen LogP contribution in [0.25, 0.3) is 5.78 Å². The zero-order valence-electron chi connectivity index (χ0n) is 10.4. The van der Waals surface area contributed by atoms with Crippen molar-refractivity contribution in [2.45, 2.75) is 32.6 Å². The fourth-order valence-electron chi connectivity index (χ4n) is 2.76. The molecular weight excluding hydrogens is 212 g/mol. The third-order valence-corrected chi connectivity index (χ3v) is 3.57. The Balaban J connectivity index is 2.10. The molecule has 90 valence electrons. The van der Waals surface area contributed by atoms with E-state index >= 15 is 0 Å². The molecule has 0 amide bonds. The number of rotatable bonds is 1. The van der Waals surface area contributed by atoms with Crippen molar-refractivity contribution in [3.8, 4) is 0 Å². The predicted molar refractivity (Wildman–Crippen MR) is 67.3 cm³/mol. The lowest BCUT2D eigenvalue weighted by molar-refractivity contribution is 0.451. The lowest BCUT2D eigenvalue weighted by atomic mass is 9.95. The van der Waals surface area contributed by atoms with Crippen LogP contribution in [0.15, 0.2) is 12.3 Å². The SMILES string of the molecule is Cc1cc(C)n2c(C3CCNCC3)cnc2n1. The second kappa shape index (κ2) is 4.11. The number of hydrogen-bond acceptors (Lipinski definition) is 3. The number of nitrogens with zero attached hydrogens (tertiary/aromatic N) is 3.